The van der Waals surface area contributed by atoms with Crippen LogP contribution in [0.1, 0.15) is 45.6 Å². The number of hydrogen-bond acceptors (Lipinski definition) is 2. The lowest BCUT2D eigenvalue weighted by molar-refractivity contribution is 0.142. The average Bonchev–Trinajstić information content (AvgIpc) is 2.41. The van der Waals surface area contributed by atoms with E-state index in [-0.39, 0.29) is 5.54 Å². The number of methoxy groups -OCH3 is 1. The van der Waals surface area contributed by atoms with Gasteiger partial charge in [0, 0.05) is 5.54 Å². The van der Waals surface area contributed by atoms with Gasteiger partial charge < -0.3 is 10.5 Å². The van der Waals surface area contributed by atoms with Crippen LogP contribution in [0.3, 0.4) is 0 Å². The second-order valence-electron chi connectivity index (χ2n) is 6.48. The van der Waals surface area contributed by atoms with Gasteiger partial charge in [0.1, 0.15) is 5.75 Å². The first-order valence-corrected chi connectivity index (χ1v) is 7.38. The molecule has 1 aromatic rings. The molecule has 0 bridgehead atoms. The van der Waals surface area contributed by atoms with E-state index in [9.17, 15) is 0 Å². The molecule has 0 amide bonds. The van der Waals surface area contributed by atoms with Crippen LogP contribution in [0.2, 0.25) is 0 Å². The van der Waals surface area contributed by atoms with Gasteiger partial charge in [-0.1, -0.05) is 32.4 Å². The molecule has 1 aromatic carbocycles. The highest BCUT2D eigenvalue weighted by Crippen LogP contribution is 2.42. The fourth-order valence-electron chi connectivity index (χ4n) is 3.29. The van der Waals surface area contributed by atoms with Crippen molar-refractivity contribution < 1.29 is 4.74 Å². The number of nitrogens with two attached hydrogens (primary N) is 1. The molecule has 1 aliphatic rings. The van der Waals surface area contributed by atoms with Gasteiger partial charge in [-0.3, -0.25) is 0 Å². The summed E-state index contributed by atoms with van der Waals surface area (Å²) >= 11 is 0. The molecule has 4 atom stereocenters. The van der Waals surface area contributed by atoms with E-state index < -0.39 is 0 Å². The van der Waals surface area contributed by atoms with Crippen LogP contribution in [0.25, 0.3) is 0 Å². The molecule has 4 unspecified atom stereocenters. The van der Waals surface area contributed by atoms with Gasteiger partial charge in [-0.2, -0.15) is 0 Å². The second-order valence-corrected chi connectivity index (χ2v) is 6.48. The van der Waals surface area contributed by atoms with Gasteiger partial charge in [0.05, 0.1) is 7.11 Å². The predicted octanol–water partition coefficient (Wildman–Crippen LogP) is 3.94. The largest absolute Gasteiger partial charge is 0.497 e. The molecule has 0 heterocycles. The summed E-state index contributed by atoms with van der Waals surface area (Å²) in [6, 6.07) is 8.23. The molecule has 1 fully saturated rings. The van der Waals surface area contributed by atoms with Gasteiger partial charge >= 0.3 is 0 Å². The summed E-state index contributed by atoms with van der Waals surface area (Å²) in [6.45, 7) is 6.90. The Morgan fingerprint density at radius 2 is 1.95 bits per heavy atom. The van der Waals surface area contributed by atoms with Crippen LogP contribution in [0.15, 0.2) is 24.3 Å². The van der Waals surface area contributed by atoms with Gasteiger partial charge in [-0.05, 0) is 55.2 Å². The maximum atomic E-state index is 6.69. The van der Waals surface area contributed by atoms with E-state index in [2.05, 4.69) is 32.9 Å². The molecule has 2 heteroatoms. The standard InChI is InChI=1S/C17H27NO/c1-12-8-9-15(10-13(12)2)17(3,18)14-6-5-7-16(11-14)19-4/h5-7,11-13,15H,8-10,18H2,1-4H3. The number of rotatable bonds is 3. The monoisotopic (exact) mass is 261 g/mol. The lowest BCUT2D eigenvalue weighted by Gasteiger charge is -2.41. The number of hydrogen-bond donors (Lipinski definition) is 1. The van der Waals surface area contributed by atoms with E-state index in [0.717, 1.165) is 17.6 Å². The van der Waals surface area contributed by atoms with Crippen LogP contribution in [0.4, 0.5) is 0 Å². The van der Waals surface area contributed by atoms with Crippen LogP contribution in [-0.2, 0) is 5.54 Å². The predicted molar refractivity (Wildman–Crippen MR) is 80.2 cm³/mol. The van der Waals surface area contributed by atoms with Gasteiger partial charge in [0.2, 0.25) is 0 Å². The highest BCUT2D eigenvalue weighted by atomic mass is 16.5. The van der Waals surface area contributed by atoms with Crippen LogP contribution >= 0.6 is 0 Å². The lowest BCUT2D eigenvalue weighted by Crippen LogP contribution is -2.44. The molecule has 0 saturated heterocycles. The Morgan fingerprint density at radius 3 is 2.58 bits per heavy atom. The molecule has 0 radical (unpaired) electrons. The highest BCUT2D eigenvalue weighted by molar-refractivity contribution is 5.33. The third-order valence-corrected chi connectivity index (χ3v) is 5.14. The quantitative estimate of drug-likeness (QED) is 0.894. The van der Waals surface area contributed by atoms with Crippen molar-refractivity contribution in [1.82, 2.24) is 0 Å². The molecular weight excluding hydrogens is 234 g/mol. The Bertz CT molecular complexity index is 427. The molecule has 106 valence electrons. The molecule has 2 nitrogen and oxygen atoms in total. The maximum absolute atomic E-state index is 6.69. The van der Waals surface area contributed by atoms with Crippen molar-refractivity contribution in [2.45, 2.75) is 45.6 Å². The zero-order chi connectivity index (χ0) is 14.0. The minimum Gasteiger partial charge on any atom is -0.497 e. The SMILES string of the molecule is COc1cccc(C(C)(N)C2CCC(C)C(C)C2)c1. The van der Waals surface area contributed by atoms with Crippen molar-refractivity contribution in [2.75, 3.05) is 7.11 Å². The summed E-state index contributed by atoms with van der Waals surface area (Å²) in [4.78, 5) is 0. The van der Waals surface area contributed by atoms with Crippen LogP contribution < -0.4 is 10.5 Å². The Kier molecular flexibility index (Phi) is 4.19. The fourth-order valence-corrected chi connectivity index (χ4v) is 3.29. The Labute approximate surface area is 117 Å². The summed E-state index contributed by atoms with van der Waals surface area (Å²) in [5.74, 6) is 3.06. The smallest absolute Gasteiger partial charge is 0.119 e. The number of benzene rings is 1. The second kappa shape index (κ2) is 5.54. The summed E-state index contributed by atoms with van der Waals surface area (Å²) in [6.07, 6.45) is 3.75. The van der Waals surface area contributed by atoms with Gasteiger partial charge in [-0.15, -0.1) is 0 Å². The zero-order valence-electron chi connectivity index (χ0n) is 12.6. The van der Waals surface area contributed by atoms with Crippen molar-refractivity contribution in [3.63, 3.8) is 0 Å². The van der Waals surface area contributed by atoms with Crippen molar-refractivity contribution in [3.05, 3.63) is 29.8 Å². The number of ether oxygens (including phenoxy) is 1. The molecule has 2 N–H and O–H groups in total. The first-order valence-electron chi connectivity index (χ1n) is 7.38. The highest BCUT2D eigenvalue weighted by Gasteiger charge is 2.36. The van der Waals surface area contributed by atoms with E-state index in [1.165, 1.54) is 24.8 Å². The first-order chi connectivity index (χ1) is 8.95. The maximum Gasteiger partial charge on any atom is 0.119 e. The Hall–Kier alpha value is -1.02. The van der Waals surface area contributed by atoms with Crippen LogP contribution in [0, 0.1) is 17.8 Å². The minimum atomic E-state index is -0.261. The average molecular weight is 261 g/mol. The molecule has 1 saturated carbocycles. The van der Waals surface area contributed by atoms with E-state index in [1.54, 1.807) is 7.11 Å². The van der Waals surface area contributed by atoms with E-state index in [4.69, 9.17) is 10.5 Å². The topological polar surface area (TPSA) is 35.2 Å². The molecule has 19 heavy (non-hydrogen) atoms. The Balaban J connectivity index is 2.21. The molecule has 0 aromatic heterocycles. The Morgan fingerprint density at radius 1 is 1.21 bits per heavy atom. The van der Waals surface area contributed by atoms with Crippen molar-refractivity contribution in [2.24, 2.45) is 23.5 Å². The van der Waals surface area contributed by atoms with Crippen molar-refractivity contribution >= 4 is 0 Å². The first kappa shape index (κ1) is 14.4. The summed E-state index contributed by atoms with van der Waals surface area (Å²) in [5.41, 5.74) is 7.62. The summed E-state index contributed by atoms with van der Waals surface area (Å²) in [7, 11) is 1.71. The zero-order valence-corrected chi connectivity index (χ0v) is 12.6. The minimum absolute atomic E-state index is 0.261. The lowest BCUT2D eigenvalue weighted by atomic mass is 9.67. The van der Waals surface area contributed by atoms with Gasteiger partial charge in [-0.25, -0.2) is 0 Å². The fraction of sp³-hybridized carbons (Fsp3) is 0.647. The van der Waals surface area contributed by atoms with Gasteiger partial charge in [0.25, 0.3) is 0 Å². The molecule has 2 rings (SSSR count). The van der Waals surface area contributed by atoms with Crippen molar-refractivity contribution in [3.8, 4) is 5.75 Å². The normalized spacial score (nSPS) is 30.7. The third kappa shape index (κ3) is 2.94. The summed E-state index contributed by atoms with van der Waals surface area (Å²) in [5, 5.41) is 0. The van der Waals surface area contributed by atoms with Crippen LogP contribution in [-0.4, -0.2) is 7.11 Å². The van der Waals surface area contributed by atoms with Gasteiger partial charge in [0.15, 0.2) is 0 Å². The third-order valence-electron chi connectivity index (χ3n) is 5.14. The van der Waals surface area contributed by atoms with Crippen LogP contribution in [0.5, 0.6) is 5.75 Å². The summed E-state index contributed by atoms with van der Waals surface area (Å²) < 4.78 is 5.32. The molecule has 0 spiro atoms. The molecule has 1 aliphatic carbocycles. The van der Waals surface area contributed by atoms with E-state index in [0.29, 0.717) is 5.92 Å². The van der Waals surface area contributed by atoms with Crippen molar-refractivity contribution in [1.29, 1.82) is 0 Å². The van der Waals surface area contributed by atoms with E-state index in [1.807, 2.05) is 12.1 Å². The van der Waals surface area contributed by atoms with E-state index >= 15 is 0 Å². The molecular formula is C17H27NO. The molecule has 0 aliphatic heterocycles.